The molecule has 5 nitrogen and oxygen atoms in total. The predicted octanol–water partition coefficient (Wildman–Crippen LogP) is 5.28. The van der Waals surface area contributed by atoms with E-state index in [9.17, 15) is 22.8 Å². The molecule has 31 heavy (non-hydrogen) atoms. The van der Waals surface area contributed by atoms with Crippen molar-refractivity contribution in [2.24, 2.45) is 0 Å². The third-order valence-electron chi connectivity index (χ3n) is 4.76. The molecule has 3 aromatic rings. The van der Waals surface area contributed by atoms with Gasteiger partial charge in [-0.2, -0.15) is 13.2 Å². The molecule has 0 bridgehead atoms. The van der Waals surface area contributed by atoms with E-state index in [1.807, 2.05) is 0 Å². The van der Waals surface area contributed by atoms with Gasteiger partial charge in [-0.3, -0.25) is 9.59 Å². The first-order valence-corrected chi connectivity index (χ1v) is 10.4. The normalized spacial score (nSPS) is 13.7. The average Bonchev–Trinajstić information content (AvgIpc) is 3.45. The van der Waals surface area contributed by atoms with E-state index in [0.717, 1.165) is 36.3 Å². The number of nitrogens with zero attached hydrogens (tertiary/aromatic N) is 1. The third-order valence-corrected chi connectivity index (χ3v) is 5.96. The summed E-state index contributed by atoms with van der Waals surface area (Å²) in [4.78, 5) is 29.6. The number of anilines is 1. The van der Waals surface area contributed by atoms with E-state index in [2.05, 4.69) is 15.6 Å². The number of hydrogen-bond acceptors (Lipinski definition) is 4. The highest BCUT2D eigenvalue weighted by molar-refractivity contribution is 7.17. The Morgan fingerprint density at radius 2 is 1.77 bits per heavy atom. The van der Waals surface area contributed by atoms with Gasteiger partial charge in [0.2, 0.25) is 0 Å². The van der Waals surface area contributed by atoms with E-state index in [1.54, 1.807) is 31.2 Å². The Morgan fingerprint density at radius 1 is 1.06 bits per heavy atom. The van der Waals surface area contributed by atoms with Gasteiger partial charge in [-0.1, -0.05) is 18.2 Å². The Balaban J connectivity index is 1.49. The molecule has 4 rings (SSSR count). The molecule has 2 aromatic carbocycles. The van der Waals surface area contributed by atoms with Gasteiger partial charge in [-0.05, 0) is 50.1 Å². The first-order chi connectivity index (χ1) is 14.7. The summed E-state index contributed by atoms with van der Waals surface area (Å²) < 4.78 is 38.3. The number of benzene rings is 2. The van der Waals surface area contributed by atoms with E-state index in [-0.39, 0.29) is 11.9 Å². The molecule has 0 radical (unpaired) electrons. The summed E-state index contributed by atoms with van der Waals surface area (Å²) in [6.45, 7) is 1.67. The second-order valence-corrected chi connectivity index (χ2v) is 8.29. The summed E-state index contributed by atoms with van der Waals surface area (Å²) in [6, 6.07) is 11.5. The number of nitrogens with one attached hydrogen (secondary N) is 2. The lowest BCUT2D eigenvalue weighted by Gasteiger charge is -2.07. The van der Waals surface area contributed by atoms with Gasteiger partial charge in [0.15, 0.2) is 0 Å². The van der Waals surface area contributed by atoms with Gasteiger partial charge < -0.3 is 10.6 Å². The van der Waals surface area contributed by atoms with Crippen LogP contribution < -0.4 is 10.6 Å². The Labute approximate surface area is 180 Å². The Hall–Kier alpha value is -3.20. The maximum absolute atomic E-state index is 12.8. The molecular formula is C22H18F3N3O2S. The molecule has 0 saturated heterocycles. The molecule has 0 aliphatic heterocycles. The first-order valence-electron chi connectivity index (χ1n) is 9.58. The van der Waals surface area contributed by atoms with Crippen molar-refractivity contribution in [3.8, 4) is 10.6 Å². The van der Waals surface area contributed by atoms with Crippen molar-refractivity contribution in [1.29, 1.82) is 0 Å². The summed E-state index contributed by atoms with van der Waals surface area (Å²) >= 11 is 1.10. The molecule has 1 aliphatic rings. The molecule has 1 heterocycles. The second-order valence-electron chi connectivity index (χ2n) is 7.29. The van der Waals surface area contributed by atoms with Crippen molar-refractivity contribution >= 4 is 28.8 Å². The molecule has 0 atom stereocenters. The number of aromatic nitrogens is 1. The number of halogens is 3. The summed E-state index contributed by atoms with van der Waals surface area (Å²) in [5.74, 6) is -0.579. The van der Waals surface area contributed by atoms with Crippen molar-refractivity contribution in [2.45, 2.75) is 32.0 Å². The fraction of sp³-hybridized carbons (Fsp3) is 0.227. The first kappa shape index (κ1) is 21.0. The predicted molar refractivity (Wildman–Crippen MR) is 112 cm³/mol. The van der Waals surface area contributed by atoms with Crippen molar-refractivity contribution in [2.75, 3.05) is 5.32 Å². The van der Waals surface area contributed by atoms with Crippen LogP contribution in [0.5, 0.6) is 0 Å². The van der Waals surface area contributed by atoms with Crippen LogP contribution in [0.2, 0.25) is 0 Å². The van der Waals surface area contributed by atoms with Crippen LogP contribution in [0.3, 0.4) is 0 Å². The molecule has 2 amide bonds. The van der Waals surface area contributed by atoms with E-state index >= 15 is 0 Å². The number of amides is 2. The molecule has 0 unspecified atom stereocenters. The van der Waals surface area contributed by atoms with Gasteiger partial charge in [0.25, 0.3) is 11.8 Å². The van der Waals surface area contributed by atoms with Crippen molar-refractivity contribution in [3.63, 3.8) is 0 Å². The number of rotatable bonds is 5. The van der Waals surface area contributed by atoms with Gasteiger partial charge in [0.05, 0.1) is 11.3 Å². The number of aryl methyl sites for hydroxylation is 1. The van der Waals surface area contributed by atoms with Crippen molar-refractivity contribution in [3.05, 3.63) is 70.2 Å². The number of hydrogen-bond donors (Lipinski definition) is 2. The lowest BCUT2D eigenvalue weighted by atomic mass is 10.1. The zero-order valence-electron chi connectivity index (χ0n) is 16.4. The van der Waals surface area contributed by atoms with Gasteiger partial charge >= 0.3 is 6.18 Å². The standard InChI is InChI=1S/C22H18F3N3O2S/c1-12-18(31-21(26-12)13-5-7-15(8-6-13)22(23,24)25)20(30)28-17-4-2-3-14(11-17)19(29)27-16-9-10-16/h2-8,11,16H,9-10H2,1H3,(H,27,29)(H,28,30). The van der Waals surface area contributed by atoms with Gasteiger partial charge in [0, 0.05) is 22.9 Å². The summed E-state index contributed by atoms with van der Waals surface area (Å²) in [7, 11) is 0. The molecule has 9 heteroatoms. The zero-order chi connectivity index (χ0) is 22.2. The van der Waals surface area contributed by atoms with E-state index in [1.165, 1.54) is 12.1 Å². The number of carbonyl (C=O) groups excluding carboxylic acids is 2. The van der Waals surface area contributed by atoms with Crippen LogP contribution in [0.15, 0.2) is 48.5 Å². The average molecular weight is 445 g/mol. The lowest BCUT2D eigenvalue weighted by Crippen LogP contribution is -2.25. The summed E-state index contributed by atoms with van der Waals surface area (Å²) in [5.41, 5.74) is 1.15. The van der Waals surface area contributed by atoms with Crippen molar-refractivity contribution < 1.29 is 22.8 Å². The van der Waals surface area contributed by atoms with Gasteiger partial charge in [0.1, 0.15) is 9.88 Å². The topological polar surface area (TPSA) is 71.1 Å². The minimum Gasteiger partial charge on any atom is -0.349 e. The van der Waals surface area contributed by atoms with E-state index in [0.29, 0.717) is 32.4 Å². The van der Waals surface area contributed by atoms with Crippen LogP contribution in [0.4, 0.5) is 18.9 Å². The zero-order valence-corrected chi connectivity index (χ0v) is 17.2. The Morgan fingerprint density at radius 3 is 2.42 bits per heavy atom. The highest BCUT2D eigenvalue weighted by Crippen LogP contribution is 2.33. The quantitative estimate of drug-likeness (QED) is 0.561. The van der Waals surface area contributed by atoms with E-state index in [4.69, 9.17) is 0 Å². The highest BCUT2D eigenvalue weighted by atomic mass is 32.1. The maximum Gasteiger partial charge on any atom is 0.416 e. The monoisotopic (exact) mass is 445 g/mol. The van der Waals surface area contributed by atoms with Gasteiger partial charge in [-0.15, -0.1) is 11.3 Å². The number of alkyl halides is 3. The molecule has 0 spiro atoms. The maximum atomic E-state index is 12.8. The summed E-state index contributed by atoms with van der Waals surface area (Å²) in [6.07, 6.45) is -2.45. The van der Waals surface area contributed by atoms with Crippen LogP contribution in [-0.2, 0) is 6.18 Å². The number of carbonyl (C=O) groups is 2. The summed E-state index contributed by atoms with van der Waals surface area (Å²) in [5, 5.41) is 6.11. The molecular weight excluding hydrogens is 427 g/mol. The van der Waals surface area contributed by atoms with Crippen LogP contribution in [0.1, 0.15) is 44.1 Å². The lowest BCUT2D eigenvalue weighted by molar-refractivity contribution is -0.137. The fourth-order valence-electron chi connectivity index (χ4n) is 2.95. The van der Waals surface area contributed by atoms with E-state index < -0.39 is 17.6 Å². The second kappa shape index (κ2) is 8.14. The van der Waals surface area contributed by atoms with Crippen LogP contribution >= 0.6 is 11.3 Å². The fourth-order valence-corrected chi connectivity index (χ4v) is 3.92. The smallest absolute Gasteiger partial charge is 0.349 e. The molecule has 1 fully saturated rings. The largest absolute Gasteiger partial charge is 0.416 e. The number of thiazole rings is 1. The molecule has 2 N–H and O–H groups in total. The Bertz CT molecular complexity index is 1140. The van der Waals surface area contributed by atoms with Gasteiger partial charge in [-0.25, -0.2) is 4.98 Å². The third kappa shape index (κ3) is 4.93. The van der Waals surface area contributed by atoms with Crippen LogP contribution in [0.25, 0.3) is 10.6 Å². The minimum atomic E-state index is -4.41. The molecule has 1 aliphatic carbocycles. The van der Waals surface area contributed by atoms with Crippen LogP contribution in [-0.4, -0.2) is 22.8 Å². The molecule has 160 valence electrons. The molecule has 1 aromatic heterocycles. The minimum absolute atomic E-state index is 0.183. The van der Waals surface area contributed by atoms with Crippen LogP contribution in [0, 0.1) is 6.92 Å². The Kier molecular flexibility index (Phi) is 5.53. The molecule has 1 saturated carbocycles. The highest BCUT2D eigenvalue weighted by Gasteiger charge is 2.30. The SMILES string of the molecule is Cc1nc(-c2ccc(C(F)(F)F)cc2)sc1C(=O)Nc1cccc(C(=O)NC2CC2)c1. The van der Waals surface area contributed by atoms with Crippen molar-refractivity contribution in [1.82, 2.24) is 10.3 Å².